The molecular weight excluding hydrogens is 508 g/mol. The molecule has 3 aromatic carbocycles. The summed E-state index contributed by atoms with van der Waals surface area (Å²) in [5.41, 5.74) is 10.2. The van der Waals surface area contributed by atoms with Crippen LogP contribution in [0.5, 0.6) is 0 Å². The number of aromatic nitrogens is 1. The Labute approximate surface area is 239 Å². The van der Waals surface area contributed by atoms with Gasteiger partial charge in [0.25, 0.3) is 0 Å². The van der Waals surface area contributed by atoms with Crippen molar-refractivity contribution >= 4 is 45.2 Å². The molecule has 1 aliphatic rings. The lowest BCUT2D eigenvalue weighted by Crippen LogP contribution is -2.17. The van der Waals surface area contributed by atoms with E-state index in [1.165, 1.54) is 38.6 Å². The number of hydrogen-bond donors (Lipinski definition) is 0. The maximum atomic E-state index is 9.22. The largest absolute Gasteiger partial charge is 0.309 e. The molecule has 0 amide bonds. The van der Waals surface area contributed by atoms with Crippen LogP contribution in [0.25, 0.3) is 27.4 Å². The highest BCUT2D eigenvalue weighted by Crippen LogP contribution is 2.53. The Kier molecular flexibility index (Phi) is 6.06. The van der Waals surface area contributed by atoms with Crippen molar-refractivity contribution in [1.29, 1.82) is 10.5 Å². The van der Waals surface area contributed by atoms with Crippen molar-refractivity contribution in [2.75, 3.05) is 4.90 Å². The van der Waals surface area contributed by atoms with Gasteiger partial charge in [0.1, 0.15) is 17.7 Å². The Bertz CT molecular complexity index is 1910. The molecule has 0 saturated heterocycles. The van der Waals surface area contributed by atoms with Gasteiger partial charge in [-0.3, -0.25) is 4.98 Å². The quantitative estimate of drug-likeness (QED) is 0.215. The average Bonchev–Trinajstić information content (AvgIpc) is 3.46. The highest BCUT2D eigenvalue weighted by atomic mass is 32.1. The minimum Gasteiger partial charge on any atom is -0.309 e. The van der Waals surface area contributed by atoms with Gasteiger partial charge in [0.2, 0.25) is 0 Å². The Balaban J connectivity index is 1.53. The molecule has 5 aromatic rings. The lowest BCUT2D eigenvalue weighted by molar-refractivity contribution is 0.660. The second-order valence-corrected chi connectivity index (χ2v) is 12.0. The van der Waals surface area contributed by atoms with Gasteiger partial charge in [0.05, 0.1) is 22.5 Å². The van der Waals surface area contributed by atoms with E-state index in [-0.39, 0.29) is 11.0 Å². The van der Waals surface area contributed by atoms with Crippen molar-refractivity contribution in [2.24, 2.45) is 0 Å². The Morgan fingerprint density at radius 3 is 2.23 bits per heavy atom. The van der Waals surface area contributed by atoms with Gasteiger partial charge in [0.15, 0.2) is 0 Å². The van der Waals surface area contributed by atoms with Gasteiger partial charge in [-0.05, 0) is 102 Å². The van der Waals surface area contributed by atoms with E-state index in [9.17, 15) is 10.5 Å². The van der Waals surface area contributed by atoms with Gasteiger partial charge in [-0.1, -0.05) is 44.2 Å². The highest BCUT2D eigenvalue weighted by molar-refractivity contribution is 7.16. The minimum atomic E-state index is -0.274. The summed E-state index contributed by atoms with van der Waals surface area (Å²) >= 11 is 1.59. The van der Waals surface area contributed by atoms with Crippen molar-refractivity contribution in [3.05, 3.63) is 111 Å². The zero-order valence-electron chi connectivity index (χ0n) is 23.2. The lowest BCUT2D eigenvalue weighted by Gasteiger charge is -2.28. The molecule has 0 unspecified atom stereocenters. The molecule has 194 valence electrons. The molecule has 6 rings (SSSR count). The number of aryl methyl sites for hydroxylation is 2. The summed E-state index contributed by atoms with van der Waals surface area (Å²) in [5, 5.41) is 20.8. The number of allylic oxidation sites excluding steroid dienone is 1. The van der Waals surface area contributed by atoms with Crippen LogP contribution in [0.2, 0.25) is 0 Å². The number of fused-ring (bicyclic) bond motifs is 4. The third kappa shape index (κ3) is 4.08. The predicted molar refractivity (Wildman–Crippen MR) is 165 cm³/mol. The first-order valence-corrected chi connectivity index (χ1v) is 14.1. The number of benzene rings is 3. The fraction of sp³-hybridized carbons (Fsp3) is 0.171. The topological polar surface area (TPSA) is 63.7 Å². The van der Waals surface area contributed by atoms with Gasteiger partial charge >= 0.3 is 0 Å². The summed E-state index contributed by atoms with van der Waals surface area (Å²) < 4.78 is 0. The summed E-state index contributed by atoms with van der Waals surface area (Å²) in [4.78, 5) is 9.35. The predicted octanol–water partition coefficient (Wildman–Crippen LogP) is 9.43. The maximum absolute atomic E-state index is 9.22. The van der Waals surface area contributed by atoms with Gasteiger partial charge in [0, 0.05) is 21.7 Å². The SMILES string of the molecule is Cc1cc(N(c2cnc3c(c2)C(C)(C)c2cc(C=C(C#N)C#N)sc2-3)c2ccc3ccccc3c2)cc(C)c1C. The molecule has 0 bridgehead atoms. The molecule has 2 heterocycles. The molecule has 4 nitrogen and oxygen atoms in total. The molecule has 0 aliphatic heterocycles. The van der Waals surface area contributed by atoms with Crippen LogP contribution in [-0.2, 0) is 5.41 Å². The van der Waals surface area contributed by atoms with Crippen LogP contribution in [-0.4, -0.2) is 4.98 Å². The van der Waals surface area contributed by atoms with Crippen LogP contribution < -0.4 is 4.90 Å². The van der Waals surface area contributed by atoms with Gasteiger partial charge in [-0.25, -0.2) is 0 Å². The van der Waals surface area contributed by atoms with E-state index in [1.807, 2.05) is 18.3 Å². The van der Waals surface area contributed by atoms with Crippen LogP contribution >= 0.6 is 11.3 Å². The number of nitriles is 2. The standard InChI is InChI=1S/C35H28N4S/c1-21-12-28(13-22(2)23(21)3)39(27-11-10-25-8-6-7-9-26(25)15-27)29-16-31-33(38-20-29)34-32(35(31,4)5)17-30(40-34)14-24(18-36)19-37/h6-17,20H,1-5H3. The van der Waals surface area contributed by atoms with Crippen molar-refractivity contribution in [3.63, 3.8) is 0 Å². The molecule has 0 atom stereocenters. The van der Waals surface area contributed by atoms with Crippen LogP contribution in [0.3, 0.4) is 0 Å². The molecule has 0 radical (unpaired) electrons. The van der Waals surface area contributed by atoms with Gasteiger partial charge in [-0.2, -0.15) is 10.5 Å². The van der Waals surface area contributed by atoms with Crippen LogP contribution in [0.1, 0.15) is 46.5 Å². The summed E-state index contributed by atoms with van der Waals surface area (Å²) in [7, 11) is 0. The molecule has 1 aliphatic carbocycles. The number of hydrogen-bond acceptors (Lipinski definition) is 5. The molecule has 2 aromatic heterocycles. The molecule has 0 spiro atoms. The highest BCUT2D eigenvalue weighted by Gasteiger charge is 2.39. The number of thiophene rings is 1. The van der Waals surface area contributed by atoms with E-state index in [1.54, 1.807) is 17.4 Å². The third-order valence-electron chi connectivity index (χ3n) is 8.13. The van der Waals surface area contributed by atoms with E-state index in [2.05, 4.69) is 106 Å². The Morgan fingerprint density at radius 2 is 1.52 bits per heavy atom. The molecular formula is C35H28N4S. The van der Waals surface area contributed by atoms with E-state index >= 15 is 0 Å². The molecule has 40 heavy (non-hydrogen) atoms. The van der Waals surface area contributed by atoms with Gasteiger partial charge < -0.3 is 4.90 Å². The number of anilines is 3. The first-order chi connectivity index (χ1) is 19.2. The first-order valence-electron chi connectivity index (χ1n) is 13.2. The van der Waals surface area contributed by atoms with Crippen molar-refractivity contribution in [1.82, 2.24) is 4.98 Å². The summed E-state index contributed by atoms with van der Waals surface area (Å²) in [6, 6.07) is 27.9. The molecule has 0 N–H and O–H groups in total. The third-order valence-corrected chi connectivity index (χ3v) is 9.22. The monoisotopic (exact) mass is 536 g/mol. The minimum absolute atomic E-state index is 0.107. The fourth-order valence-corrected chi connectivity index (χ4v) is 6.91. The maximum Gasteiger partial charge on any atom is 0.131 e. The Morgan fingerprint density at radius 1 is 0.825 bits per heavy atom. The summed E-state index contributed by atoms with van der Waals surface area (Å²) in [6.07, 6.45) is 3.63. The second-order valence-electron chi connectivity index (χ2n) is 11.0. The van der Waals surface area contributed by atoms with E-state index < -0.39 is 0 Å². The number of nitrogens with zero attached hydrogens (tertiary/aromatic N) is 4. The number of rotatable bonds is 4. The zero-order chi connectivity index (χ0) is 28.2. The van der Waals surface area contributed by atoms with Crippen LogP contribution in [0.15, 0.2) is 78.5 Å². The normalized spacial score (nSPS) is 12.8. The van der Waals surface area contributed by atoms with E-state index in [0.29, 0.717) is 0 Å². The molecule has 0 fully saturated rings. The van der Waals surface area contributed by atoms with E-state index in [4.69, 9.17) is 4.98 Å². The average molecular weight is 537 g/mol. The van der Waals surface area contributed by atoms with Crippen molar-refractivity contribution < 1.29 is 0 Å². The number of pyridine rings is 1. The van der Waals surface area contributed by atoms with Crippen molar-refractivity contribution in [2.45, 2.75) is 40.0 Å². The molecule has 0 saturated carbocycles. The lowest BCUT2D eigenvalue weighted by atomic mass is 9.83. The zero-order valence-corrected chi connectivity index (χ0v) is 24.0. The smallest absolute Gasteiger partial charge is 0.131 e. The van der Waals surface area contributed by atoms with Gasteiger partial charge in [-0.15, -0.1) is 11.3 Å². The fourth-order valence-electron chi connectivity index (χ4n) is 5.64. The van der Waals surface area contributed by atoms with E-state index in [0.717, 1.165) is 32.5 Å². The molecule has 5 heteroatoms. The summed E-state index contributed by atoms with van der Waals surface area (Å²) in [6.45, 7) is 11.0. The first kappa shape index (κ1) is 25.6. The van der Waals surface area contributed by atoms with Crippen molar-refractivity contribution in [3.8, 4) is 22.7 Å². The summed E-state index contributed by atoms with van der Waals surface area (Å²) in [5.74, 6) is 0. The Hall–Kier alpha value is -4.71. The second kappa shape index (κ2) is 9.49. The van der Waals surface area contributed by atoms with Crippen LogP contribution in [0.4, 0.5) is 17.1 Å². The van der Waals surface area contributed by atoms with Crippen LogP contribution in [0, 0.1) is 43.4 Å².